The van der Waals surface area contributed by atoms with E-state index in [0.29, 0.717) is 16.8 Å². The highest BCUT2D eigenvalue weighted by atomic mass is 15.2. The van der Waals surface area contributed by atoms with Gasteiger partial charge in [0.1, 0.15) is 0 Å². The Bertz CT molecular complexity index is 4900. The monoisotopic (exact) mass is 1130 g/mol. The van der Waals surface area contributed by atoms with Gasteiger partial charge in [-0.3, -0.25) is 0 Å². The molecular weight excluding hydrogens is 1070 g/mol. The van der Waals surface area contributed by atoms with E-state index in [0.717, 1.165) is 118 Å². The first-order valence-corrected chi connectivity index (χ1v) is 29.5. The van der Waals surface area contributed by atoms with Gasteiger partial charge in [-0.1, -0.05) is 200 Å². The molecule has 0 saturated heterocycles. The third-order valence-electron chi connectivity index (χ3n) is 17.0. The second kappa shape index (κ2) is 22.6. The minimum absolute atomic E-state index is 0.0547. The number of rotatable bonds is 12. The van der Waals surface area contributed by atoms with Crippen LogP contribution in [0.15, 0.2) is 315 Å². The van der Waals surface area contributed by atoms with Crippen LogP contribution in [0.4, 0.5) is 68.2 Å². The van der Waals surface area contributed by atoms with Crippen molar-refractivity contribution in [2.45, 2.75) is 6.85 Å². The molecule has 0 unspecified atom stereocenters. The van der Waals surface area contributed by atoms with Gasteiger partial charge in [-0.05, 0) is 166 Å². The topological polar surface area (TPSA) is 60.5 Å². The number of fused-ring (bicyclic) bond motifs is 4. The van der Waals surface area contributed by atoms with E-state index in [-0.39, 0.29) is 17.8 Å². The van der Waals surface area contributed by atoms with Gasteiger partial charge in [-0.15, -0.1) is 0 Å². The highest BCUT2D eigenvalue weighted by Gasteiger charge is 2.44. The fraction of sp³-hybridized carbons (Fsp3) is 0.0123. The zero-order valence-corrected chi connectivity index (χ0v) is 47.8. The second-order valence-corrected chi connectivity index (χ2v) is 22.0. The number of nitriles is 2. The first kappa shape index (κ1) is 49.5. The Morgan fingerprint density at radius 3 is 1.23 bits per heavy atom. The molecule has 0 amide bonds. The molecule has 13 aromatic rings. The van der Waals surface area contributed by atoms with Crippen molar-refractivity contribution in [2.75, 3.05) is 19.6 Å². The van der Waals surface area contributed by atoms with E-state index in [1.807, 2.05) is 132 Å². The van der Waals surface area contributed by atoms with E-state index in [1.165, 1.54) is 6.07 Å². The van der Waals surface area contributed by atoms with Gasteiger partial charge in [0.15, 0.2) is 0 Å². The molecule has 0 fully saturated rings. The predicted molar refractivity (Wildman–Crippen MR) is 366 cm³/mol. The average Bonchev–Trinajstić information content (AvgIpc) is 0.701. The van der Waals surface area contributed by atoms with E-state index in [2.05, 4.69) is 209 Å². The standard InChI is InChI=1S/C81H55BN6/c1-56-49-57(54-83)50-71(81(56)86(65-33-16-6-17-34-65)66-35-18-7-19-36-66)61-45-48-73-79(52-61)88(75-40-23-21-38-69(75)59-27-10-3-11-28-59)77-42-24-41-76-80(77)82(73)72-47-44-60(51-78(72)87(76)74-39-22-20-37-68(74)58-25-8-2-9-26-58)70-53-67(46-43-62(70)55-84)85(63-29-12-4-13-30-63)64-31-14-5-15-32-64/h2-53H,1H3/i1D3. The minimum atomic E-state index is -2.63. The molecule has 15 rings (SSSR count). The predicted octanol–water partition coefficient (Wildman–Crippen LogP) is 19.4. The summed E-state index contributed by atoms with van der Waals surface area (Å²) in [4.78, 5) is 9.04. The van der Waals surface area contributed by atoms with E-state index in [1.54, 1.807) is 0 Å². The Morgan fingerprint density at radius 2 is 0.761 bits per heavy atom. The molecule has 0 saturated carbocycles. The van der Waals surface area contributed by atoms with Crippen molar-refractivity contribution >= 4 is 91.3 Å². The van der Waals surface area contributed by atoms with Crippen molar-refractivity contribution in [3.05, 3.63) is 332 Å². The summed E-state index contributed by atoms with van der Waals surface area (Å²) in [6.07, 6.45) is 0. The van der Waals surface area contributed by atoms with Crippen molar-refractivity contribution in [1.82, 2.24) is 0 Å². The SMILES string of the molecule is [2H]C([2H])([2H])c1cc(C#N)cc(-c2ccc3c(c2)N(c2ccccc2-c2ccccc2)c2cccc4c2B3c2ccc(-c3cc(N(c5ccccc5)c5ccccc5)ccc3C#N)cc2N4c2ccccc2-c2ccccc2)c1N(c1ccccc1)c1ccccc1. The molecule has 0 atom stereocenters. The fourth-order valence-corrected chi connectivity index (χ4v) is 13.2. The molecule has 7 heteroatoms. The summed E-state index contributed by atoms with van der Waals surface area (Å²) < 4.78 is 27.6. The molecule has 412 valence electrons. The lowest BCUT2D eigenvalue weighted by Gasteiger charge is -2.45. The van der Waals surface area contributed by atoms with E-state index < -0.39 is 6.85 Å². The molecule has 0 spiro atoms. The molecular formula is C81H55BN6. The van der Waals surface area contributed by atoms with Crippen molar-refractivity contribution < 1.29 is 4.11 Å². The lowest BCUT2D eigenvalue weighted by atomic mass is 9.33. The molecule has 2 aliphatic rings. The van der Waals surface area contributed by atoms with Gasteiger partial charge in [0, 0.05) is 77.6 Å². The summed E-state index contributed by atoms with van der Waals surface area (Å²) in [6, 6.07) is 113. The van der Waals surface area contributed by atoms with E-state index in [9.17, 15) is 14.6 Å². The summed E-state index contributed by atoms with van der Waals surface area (Å²) in [5.41, 5.74) is 21.8. The quantitative estimate of drug-likeness (QED) is 0.114. The zero-order valence-electron chi connectivity index (χ0n) is 50.8. The second-order valence-electron chi connectivity index (χ2n) is 22.0. The van der Waals surface area contributed by atoms with Crippen LogP contribution < -0.4 is 36.0 Å². The largest absolute Gasteiger partial charge is 0.311 e. The number of aryl methyl sites for hydroxylation is 1. The average molecular weight is 1130 g/mol. The Labute approximate surface area is 518 Å². The summed E-state index contributed by atoms with van der Waals surface area (Å²) >= 11 is 0. The highest BCUT2D eigenvalue weighted by molar-refractivity contribution is 7.00. The molecule has 88 heavy (non-hydrogen) atoms. The number of hydrogen-bond acceptors (Lipinski definition) is 6. The van der Waals surface area contributed by atoms with Crippen LogP contribution in [0.2, 0.25) is 0 Å². The molecule has 2 aliphatic heterocycles. The molecule has 0 aliphatic carbocycles. The molecule has 13 aromatic carbocycles. The number of benzene rings is 13. The molecule has 2 heterocycles. The Morgan fingerprint density at radius 1 is 0.330 bits per heavy atom. The maximum atomic E-state index is 11.1. The molecule has 0 bridgehead atoms. The Hall–Kier alpha value is -11.9. The lowest BCUT2D eigenvalue weighted by molar-refractivity contribution is 1.24. The summed E-state index contributed by atoms with van der Waals surface area (Å²) in [7, 11) is 0. The summed E-state index contributed by atoms with van der Waals surface area (Å²) in [6.45, 7) is -2.97. The molecule has 6 nitrogen and oxygen atoms in total. The van der Waals surface area contributed by atoms with E-state index in [4.69, 9.17) is 0 Å². The van der Waals surface area contributed by atoms with Gasteiger partial charge in [-0.25, -0.2) is 0 Å². The van der Waals surface area contributed by atoms with Crippen LogP contribution >= 0.6 is 0 Å². The van der Waals surface area contributed by atoms with Crippen LogP contribution in [-0.4, -0.2) is 6.71 Å². The van der Waals surface area contributed by atoms with Gasteiger partial charge in [-0.2, -0.15) is 10.5 Å². The number of para-hydroxylation sites is 6. The third kappa shape index (κ3) is 9.23. The van der Waals surface area contributed by atoms with Gasteiger partial charge in [0.2, 0.25) is 0 Å². The fourth-order valence-electron chi connectivity index (χ4n) is 13.2. The van der Waals surface area contributed by atoms with E-state index >= 15 is 0 Å². The molecule has 0 aromatic heterocycles. The van der Waals surface area contributed by atoms with Crippen molar-refractivity contribution in [2.24, 2.45) is 0 Å². The Balaban J connectivity index is 1.01. The van der Waals surface area contributed by atoms with Crippen LogP contribution in [-0.2, 0) is 0 Å². The summed E-state index contributed by atoms with van der Waals surface area (Å²) in [5.74, 6) is 0. The smallest absolute Gasteiger partial charge is 0.252 e. The molecule has 0 radical (unpaired) electrons. The number of anilines is 12. The maximum Gasteiger partial charge on any atom is 0.252 e. The van der Waals surface area contributed by atoms with Crippen molar-refractivity contribution in [3.8, 4) is 56.6 Å². The molecule has 0 N–H and O–H groups in total. The third-order valence-corrected chi connectivity index (χ3v) is 17.0. The van der Waals surface area contributed by atoms with Crippen LogP contribution in [0.25, 0.3) is 44.5 Å². The van der Waals surface area contributed by atoms with Gasteiger partial charge in [0.25, 0.3) is 6.71 Å². The van der Waals surface area contributed by atoms with Crippen LogP contribution in [0.3, 0.4) is 0 Å². The first-order chi connectivity index (χ1) is 44.7. The lowest BCUT2D eigenvalue weighted by Crippen LogP contribution is -2.61. The van der Waals surface area contributed by atoms with Crippen molar-refractivity contribution in [3.63, 3.8) is 0 Å². The maximum absolute atomic E-state index is 11.1. The number of hydrogen-bond donors (Lipinski definition) is 0. The zero-order chi connectivity index (χ0) is 61.6. The van der Waals surface area contributed by atoms with Gasteiger partial charge >= 0.3 is 0 Å². The Kier molecular flexibility index (Phi) is 12.7. The van der Waals surface area contributed by atoms with Crippen molar-refractivity contribution in [1.29, 1.82) is 10.5 Å². The first-order valence-electron chi connectivity index (χ1n) is 31.0. The van der Waals surface area contributed by atoms with Crippen LogP contribution in [0.5, 0.6) is 0 Å². The highest BCUT2D eigenvalue weighted by Crippen LogP contribution is 2.51. The minimum Gasteiger partial charge on any atom is -0.311 e. The van der Waals surface area contributed by atoms with Crippen LogP contribution in [0.1, 0.15) is 20.8 Å². The normalized spacial score (nSPS) is 12.5. The van der Waals surface area contributed by atoms with Gasteiger partial charge in [0.05, 0.1) is 40.3 Å². The van der Waals surface area contributed by atoms with Crippen LogP contribution in [0, 0.1) is 29.5 Å². The van der Waals surface area contributed by atoms with Gasteiger partial charge < -0.3 is 19.6 Å². The number of nitrogens with zero attached hydrogens (tertiary/aromatic N) is 6. The summed E-state index contributed by atoms with van der Waals surface area (Å²) in [5, 5.41) is 21.9.